The third kappa shape index (κ3) is 6.02. The first kappa shape index (κ1) is 23.9. The number of ether oxygens (including phenoxy) is 1. The molecule has 2 nitrogen and oxygen atoms in total. The van der Waals surface area contributed by atoms with Gasteiger partial charge in [-0.05, 0) is 53.9 Å². The zero-order valence-electron chi connectivity index (χ0n) is 20.3. The highest BCUT2D eigenvalue weighted by atomic mass is 31.1. The molecule has 0 aliphatic carbocycles. The van der Waals surface area contributed by atoms with E-state index in [1.165, 1.54) is 33.9 Å². The van der Waals surface area contributed by atoms with Crippen molar-refractivity contribution in [2.24, 2.45) is 10.9 Å². The Bertz CT molecular complexity index is 1030. The Hall–Kier alpha value is -2.22. The zero-order valence-corrected chi connectivity index (χ0v) is 22.2. The maximum atomic E-state index is 6.19. The standard InChI is InChI=1S/C29H35NOPSi/c1-22(2)27-21-31-29(30-27)26-18-17-23(12-11-19-33(3)4)20-28(26)32(24-13-7-5-8-14-24)25-15-9-6-10-16-25/h5-10,13-18,20,22,27H,11-12,19,21H2,1-4H3/t27-/m1/s1. The molecule has 33 heavy (non-hydrogen) atoms. The highest BCUT2D eigenvalue weighted by Crippen LogP contribution is 2.35. The molecule has 0 N–H and O–H groups in total. The number of hydrogen-bond acceptors (Lipinski definition) is 2. The SMILES string of the molecule is CC(C)[C@H]1COC(c2ccc(CCC[Si](C)C)cc2P(c2ccccc2)c2ccccc2)=N1. The van der Waals surface area contributed by atoms with E-state index >= 15 is 0 Å². The van der Waals surface area contributed by atoms with Crippen molar-refractivity contribution in [1.82, 2.24) is 0 Å². The van der Waals surface area contributed by atoms with Crippen LogP contribution in [0.5, 0.6) is 0 Å². The summed E-state index contributed by atoms with van der Waals surface area (Å²) in [4.78, 5) is 5.01. The minimum absolute atomic E-state index is 0.185. The second kappa shape index (κ2) is 11.3. The lowest BCUT2D eigenvalue weighted by Gasteiger charge is -2.23. The third-order valence-corrected chi connectivity index (χ3v) is 9.98. The predicted molar refractivity (Wildman–Crippen MR) is 147 cm³/mol. The van der Waals surface area contributed by atoms with Crippen molar-refractivity contribution in [3.05, 3.63) is 90.0 Å². The maximum absolute atomic E-state index is 6.19. The molecule has 4 rings (SSSR count). The van der Waals surface area contributed by atoms with E-state index in [0.717, 1.165) is 17.9 Å². The topological polar surface area (TPSA) is 21.6 Å². The maximum Gasteiger partial charge on any atom is 0.217 e. The van der Waals surface area contributed by atoms with Gasteiger partial charge in [-0.25, -0.2) is 4.99 Å². The van der Waals surface area contributed by atoms with E-state index in [1.54, 1.807) is 0 Å². The van der Waals surface area contributed by atoms with Gasteiger partial charge in [-0.1, -0.05) is 106 Å². The molecule has 1 atom stereocenters. The molecule has 1 radical (unpaired) electrons. The summed E-state index contributed by atoms with van der Waals surface area (Å²) in [6, 6.07) is 30.5. The quantitative estimate of drug-likeness (QED) is 0.279. The molecular weight excluding hydrogens is 437 g/mol. The van der Waals surface area contributed by atoms with Gasteiger partial charge in [-0.3, -0.25) is 0 Å². The van der Waals surface area contributed by atoms with Crippen LogP contribution in [-0.2, 0) is 11.2 Å². The van der Waals surface area contributed by atoms with Crippen LogP contribution in [0, 0.1) is 5.92 Å². The summed E-state index contributed by atoms with van der Waals surface area (Å²) < 4.78 is 6.19. The first-order chi connectivity index (χ1) is 16.0. The van der Waals surface area contributed by atoms with Gasteiger partial charge in [-0.2, -0.15) is 0 Å². The second-order valence-corrected chi connectivity index (χ2v) is 14.6. The van der Waals surface area contributed by atoms with Crippen LogP contribution in [0.3, 0.4) is 0 Å². The van der Waals surface area contributed by atoms with E-state index in [0.29, 0.717) is 12.5 Å². The Morgan fingerprint density at radius 3 is 2.12 bits per heavy atom. The largest absolute Gasteiger partial charge is 0.475 e. The van der Waals surface area contributed by atoms with Gasteiger partial charge in [0, 0.05) is 14.4 Å². The average molecular weight is 473 g/mol. The summed E-state index contributed by atoms with van der Waals surface area (Å²) in [7, 11) is -0.896. The van der Waals surface area contributed by atoms with Gasteiger partial charge in [0.15, 0.2) is 0 Å². The Morgan fingerprint density at radius 2 is 1.58 bits per heavy atom. The average Bonchev–Trinajstić information content (AvgIpc) is 3.31. The summed E-state index contributed by atoms with van der Waals surface area (Å²) in [6.07, 6.45) is 2.40. The molecule has 1 aliphatic rings. The summed E-state index contributed by atoms with van der Waals surface area (Å²) in [5, 5.41) is 4.09. The van der Waals surface area contributed by atoms with Crippen molar-refractivity contribution in [3.8, 4) is 0 Å². The third-order valence-electron chi connectivity index (χ3n) is 6.15. The lowest BCUT2D eigenvalue weighted by Crippen LogP contribution is -2.26. The van der Waals surface area contributed by atoms with Crippen LogP contribution in [0.25, 0.3) is 0 Å². The van der Waals surface area contributed by atoms with Gasteiger partial charge in [0.25, 0.3) is 0 Å². The zero-order chi connectivity index (χ0) is 23.2. The van der Waals surface area contributed by atoms with Crippen LogP contribution in [-0.4, -0.2) is 27.3 Å². The van der Waals surface area contributed by atoms with Crippen LogP contribution in [0.15, 0.2) is 83.9 Å². The molecule has 0 aromatic heterocycles. The van der Waals surface area contributed by atoms with Crippen molar-refractivity contribution in [1.29, 1.82) is 0 Å². The van der Waals surface area contributed by atoms with Crippen LogP contribution in [0.2, 0.25) is 19.1 Å². The molecule has 0 bridgehead atoms. The highest BCUT2D eigenvalue weighted by Gasteiger charge is 2.28. The molecule has 0 saturated heterocycles. The van der Waals surface area contributed by atoms with Gasteiger partial charge in [0.1, 0.15) is 6.61 Å². The van der Waals surface area contributed by atoms with Crippen LogP contribution in [0.1, 0.15) is 31.4 Å². The molecular formula is C29H35NOPSi. The lowest BCUT2D eigenvalue weighted by atomic mass is 10.1. The fourth-order valence-corrected chi connectivity index (χ4v) is 7.59. The first-order valence-corrected chi connectivity index (χ1v) is 16.1. The summed E-state index contributed by atoms with van der Waals surface area (Å²) in [5.74, 6) is 1.30. The normalized spacial score (nSPS) is 15.8. The molecule has 0 spiro atoms. The fraction of sp³-hybridized carbons (Fsp3) is 0.345. The smallest absolute Gasteiger partial charge is 0.217 e. The molecule has 0 fully saturated rings. The number of nitrogens with zero attached hydrogens (tertiary/aromatic N) is 1. The molecule has 3 aromatic rings. The van der Waals surface area contributed by atoms with Crippen molar-refractivity contribution >= 4 is 38.5 Å². The molecule has 3 aromatic carbocycles. The summed E-state index contributed by atoms with van der Waals surface area (Å²) in [5.41, 5.74) is 2.59. The Morgan fingerprint density at radius 1 is 0.939 bits per heavy atom. The Balaban J connectivity index is 1.82. The van der Waals surface area contributed by atoms with Gasteiger partial charge in [0.2, 0.25) is 5.90 Å². The van der Waals surface area contributed by atoms with E-state index in [2.05, 4.69) is 106 Å². The highest BCUT2D eigenvalue weighted by molar-refractivity contribution is 7.80. The Labute approximate surface area is 202 Å². The van der Waals surface area contributed by atoms with Gasteiger partial charge < -0.3 is 4.74 Å². The fourth-order valence-electron chi connectivity index (χ4n) is 4.20. The van der Waals surface area contributed by atoms with Crippen molar-refractivity contribution in [2.75, 3.05) is 6.61 Å². The number of benzene rings is 3. The van der Waals surface area contributed by atoms with E-state index in [9.17, 15) is 0 Å². The number of rotatable bonds is 9. The van der Waals surface area contributed by atoms with Crippen molar-refractivity contribution in [3.63, 3.8) is 0 Å². The summed E-state index contributed by atoms with van der Waals surface area (Å²) in [6.45, 7) is 9.94. The number of hydrogen-bond donors (Lipinski definition) is 0. The Kier molecular flexibility index (Phi) is 8.17. The van der Waals surface area contributed by atoms with Crippen LogP contribution >= 0.6 is 7.92 Å². The minimum Gasteiger partial charge on any atom is -0.475 e. The van der Waals surface area contributed by atoms with E-state index < -0.39 is 7.92 Å². The molecule has 1 heterocycles. The lowest BCUT2D eigenvalue weighted by molar-refractivity contribution is 0.292. The first-order valence-electron chi connectivity index (χ1n) is 12.1. The van der Waals surface area contributed by atoms with Gasteiger partial charge in [0.05, 0.1) is 6.04 Å². The monoisotopic (exact) mass is 472 g/mol. The van der Waals surface area contributed by atoms with Crippen LogP contribution in [0.4, 0.5) is 0 Å². The van der Waals surface area contributed by atoms with E-state index in [1.807, 2.05) is 0 Å². The van der Waals surface area contributed by atoms with Crippen LogP contribution < -0.4 is 15.9 Å². The molecule has 0 unspecified atom stereocenters. The number of aliphatic imine (C=N–C) groups is 1. The second-order valence-electron chi connectivity index (χ2n) is 9.48. The summed E-state index contributed by atoms with van der Waals surface area (Å²) >= 11 is 0. The predicted octanol–water partition coefficient (Wildman–Crippen LogP) is 5.93. The molecule has 1 aliphatic heterocycles. The minimum atomic E-state index is -0.711. The van der Waals surface area contributed by atoms with E-state index in [4.69, 9.17) is 9.73 Å². The molecule has 171 valence electrons. The van der Waals surface area contributed by atoms with E-state index in [-0.39, 0.29) is 14.8 Å². The number of aryl methyl sites for hydroxylation is 1. The molecule has 0 saturated carbocycles. The van der Waals surface area contributed by atoms with Gasteiger partial charge in [-0.15, -0.1) is 0 Å². The molecule has 0 amide bonds. The van der Waals surface area contributed by atoms with Crippen molar-refractivity contribution < 1.29 is 4.74 Å². The van der Waals surface area contributed by atoms with Crippen molar-refractivity contribution in [2.45, 2.75) is 51.9 Å². The van der Waals surface area contributed by atoms with Gasteiger partial charge >= 0.3 is 0 Å². The molecule has 4 heteroatoms.